The quantitative estimate of drug-likeness (QED) is 0.584. The molecule has 1 fully saturated rings. The molecule has 4 amide bonds. The fraction of sp³-hybridized carbons (Fsp3) is 0.100. The van der Waals surface area contributed by atoms with Crippen LogP contribution in [0.1, 0.15) is 5.56 Å². The summed E-state index contributed by atoms with van der Waals surface area (Å²) in [5.41, 5.74) is -0.778. The van der Waals surface area contributed by atoms with Crippen LogP contribution in [-0.4, -0.2) is 17.8 Å². The molecule has 1 N–H and O–H groups in total. The topological polar surface area (TPSA) is 66.5 Å². The molecule has 1 aliphatic heterocycles. The number of aryl methyl sites for hydroxylation is 1. The van der Waals surface area contributed by atoms with E-state index in [0.29, 0.717) is 0 Å². The normalized spacial score (nSPS) is 15.5. The van der Waals surface area contributed by atoms with Crippen molar-refractivity contribution in [2.75, 3.05) is 4.90 Å². The van der Waals surface area contributed by atoms with E-state index in [0.717, 1.165) is 12.1 Å². The number of anilines is 1. The predicted octanol–water partition coefficient (Wildman–Crippen LogP) is 0.856. The largest absolute Gasteiger partial charge is 0.336 e. The van der Waals surface area contributed by atoms with Crippen LogP contribution in [0.3, 0.4) is 0 Å². The van der Waals surface area contributed by atoms with Crippen LogP contribution in [0.5, 0.6) is 0 Å². The van der Waals surface area contributed by atoms with Gasteiger partial charge in [0.05, 0.1) is 0 Å². The molecular weight excluding hydrogens is 234 g/mol. The summed E-state index contributed by atoms with van der Waals surface area (Å²) < 4.78 is 27.1. The van der Waals surface area contributed by atoms with E-state index in [1.54, 1.807) is 5.32 Å². The van der Waals surface area contributed by atoms with Gasteiger partial charge in [-0.25, -0.2) is 18.5 Å². The number of imide groups is 2. The molecule has 1 heterocycles. The minimum Gasteiger partial charge on any atom is -0.269 e. The number of urea groups is 1. The van der Waals surface area contributed by atoms with Gasteiger partial charge in [-0.2, -0.15) is 0 Å². The molecule has 0 aromatic heterocycles. The number of nitrogens with one attached hydrogen (secondary N) is 1. The van der Waals surface area contributed by atoms with E-state index in [-0.39, 0.29) is 10.5 Å². The number of rotatable bonds is 1. The molecule has 1 aromatic carbocycles. The Balaban J connectivity index is 2.62. The van der Waals surface area contributed by atoms with Gasteiger partial charge in [0.15, 0.2) is 11.6 Å². The average molecular weight is 240 g/mol. The molecular formula is C10H6F2N2O3. The Morgan fingerprint density at radius 1 is 1.18 bits per heavy atom. The third kappa shape index (κ3) is 1.55. The van der Waals surface area contributed by atoms with Crippen LogP contribution >= 0.6 is 0 Å². The van der Waals surface area contributed by atoms with Crippen molar-refractivity contribution in [3.63, 3.8) is 0 Å². The maximum Gasteiger partial charge on any atom is 0.336 e. The Morgan fingerprint density at radius 3 is 2.35 bits per heavy atom. The Labute approximate surface area is 94.0 Å². The van der Waals surface area contributed by atoms with Crippen LogP contribution in [0.4, 0.5) is 19.3 Å². The maximum absolute atomic E-state index is 13.7. The molecule has 0 aliphatic carbocycles. The first-order chi connectivity index (χ1) is 7.93. The maximum atomic E-state index is 13.7. The summed E-state index contributed by atoms with van der Waals surface area (Å²) in [5, 5.41) is 1.65. The van der Waals surface area contributed by atoms with Crippen LogP contribution in [0.25, 0.3) is 0 Å². The molecule has 17 heavy (non-hydrogen) atoms. The van der Waals surface area contributed by atoms with Gasteiger partial charge in [0.1, 0.15) is 5.69 Å². The number of carbonyl (C=O) groups is 3. The standard InChI is InChI=1S/C10H6F2N2O3/c1-4-2-3-5(11)7(6(4)12)14-9(16)8(15)13-10(14)17/h2-3H,1H3,(H,13,15,17). The summed E-state index contributed by atoms with van der Waals surface area (Å²) >= 11 is 0. The first kappa shape index (κ1) is 11.2. The molecule has 1 saturated heterocycles. The predicted molar refractivity (Wildman–Crippen MR) is 52.1 cm³/mol. The molecule has 1 aliphatic rings. The molecule has 0 atom stereocenters. The highest BCUT2D eigenvalue weighted by Gasteiger charge is 2.41. The fourth-order valence-electron chi connectivity index (χ4n) is 1.45. The van der Waals surface area contributed by atoms with Gasteiger partial charge >= 0.3 is 17.8 Å². The minimum absolute atomic E-state index is 0.0568. The van der Waals surface area contributed by atoms with Crippen LogP contribution < -0.4 is 10.2 Å². The van der Waals surface area contributed by atoms with Crippen molar-refractivity contribution in [3.8, 4) is 0 Å². The van der Waals surface area contributed by atoms with Crippen molar-refractivity contribution in [1.29, 1.82) is 0 Å². The minimum atomic E-state index is -1.31. The van der Waals surface area contributed by atoms with Gasteiger partial charge in [0, 0.05) is 0 Å². The molecule has 2 rings (SSSR count). The first-order valence-electron chi connectivity index (χ1n) is 4.57. The van der Waals surface area contributed by atoms with Gasteiger partial charge in [0.25, 0.3) is 0 Å². The van der Waals surface area contributed by atoms with E-state index in [9.17, 15) is 23.2 Å². The number of nitrogens with zero attached hydrogens (tertiary/aromatic N) is 1. The lowest BCUT2D eigenvalue weighted by atomic mass is 10.2. The number of carbonyl (C=O) groups excluding carboxylic acids is 3. The molecule has 0 bridgehead atoms. The van der Waals surface area contributed by atoms with Gasteiger partial charge in [-0.15, -0.1) is 0 Å². The third-order valence-electron chi connectivity index (χ3n) is 2.30. The zero-order valence-corrected chi connectivity index (χ0v) is 8.58. The third-order valence-corrected chi connectivity index (χ3v) is 2.30. The van der Waals surface area contributed by atoms with Gasteiger partial charge < -0.3 is 0 Å². The SMILES string of the molecule is Cc1ccc(F)c(N2C(=O)NC(=O)C2=O)c1F. The molecule has 0 unspecified atom stereocenters. The summed E-state index contributed by atoms with van der Waals surface area (Å²) in [6.45, 7) is 1.35. The van der Waals surface area contributed by atoms with Crippen molar-refractivity contribution in [2.24, 2.45) is 0 Å². The Bertz CT molecular complexity index is 557. The lowest BCUT2D eigenvalue weighted by molar-refractivity contribution is -0.134. The zero-order valence-electron chi connectivity index (χ0n) is 8.58. The molecule has 0 saturated carbocycles. The van der Waals surface area contributed by atoms with Crippen molar-refractivity contribution in [3.05, 3.63) is 29.3 Å². The zero-order chi connectivity index (χ0) is 12.7. The smallest absolute Gasteiger partial charge is 0.269 e. The Kier molecular flexibility index (Phi) is 2.38. The number of halogens is 2. The molecule has 5 nitrogen and oxygen atoms in total. The van der Waals surface area contributed by atoms with E-state index in [1.165, 1.54) is 6.92 Å². The van der Waals surface area contributed by atoms with E-state index < -0.39 is 35.2 Å². The lowest BCUT2D eigenvalue weighted by Gasteiger charge is -2.14. The van der Waals surface area contributed by atoms with Crippen LogP contribution in [-0.2, 0) is 9.59 Å². The number of amides is 4. The number of benzene rings is 1. The highest BCUT2D eigenvalue weighted by molar-refractivity contribution is 6.53. The van der Waals surface area contributed by atoms with Crippen LogP contribution in [0.15, 0.2) is 12.1 Å². The van der Waals surface area contributed by atoms with Gasteiger partial charge in [-0.1, -0.05) is 6.07 Å². The summed E-state index contributed by atoms with van der Waals surface area (Å²) in [4.78, 5) is 33.6. The second-order valence-corrected chi connectivity index (χ2v) is 3.43. The second kappa shape index (κ2) is 3.62. The monoisotopic (exact) mass is 240 g/mol. The van der Waals surface area contributed by atoms with Crippen molar-refractivity contribution in [1.82, 2.24) is 5.32 Å². The molecule has 88 valence electrons. The van der Waals surface area contributed by atoms with Crippen molar-refractivity contribution in [2.45, 2.75) is 6.92 Å². The van der Waals surface area contributed by atoms with Crippen molar-refractivity contribution < 1.29 is 23.2 Å². The Hall–Kier alpha value is -2.31. The summed E-state index contributed by atoms with van der Waals surface area (Å²) in [6.07, 6.45) is 0. The molecule has 0 spiro atoms. The second-order valence-electron chi connectivity index (χ2n) is 3.43. The van der Waals surface area contributed by atoms with E-state index >= 15 is 0 Å². The van der Waals surface area contributed by atoms with Crippen LogP contribution in [0, 0.1) is 18.6 Å². The number of hydrogen-bond donors (Lipinski definition) is 1. The summed E-state index contributed by atoms with van der Waals surface area (Å²) in [5.74, 6) is -4.66. The summed E-state index contributed by atoms with van der Waals surface area (Å²) in [6, 6.07) is 0.911. The van der Waals surface area contributed by atoms with E-state index in [2.05, 4.69) is 0 Å². The van der Waals surface area contributed by atoms with Crippen molar-refractivity contribution >= 4 is 23.5 Å². The highest BCUT2D eigenvalue weighted by Crippen LogP contribution is 2.27. The highest BCUT2D eigenvalue weighted by atomic mass is 19.1. The Morgan fingerprint density at radius 2 is 1.82 bits per heavy atom. The molecule has 7 heteroatoms. The lowest BCUT2D eigenvalue weighted by Crippen LogP contribution is -2.32. The fourth-order valence-corrected chi connectivity index (χ4v) is 1.45. The average Bonchev–Trinajstić information content (AvgIpc) is 2.51. The number of hydrogen-bond acceptors (Lipinski definition) is 3. The van der Waals surface area contributed by atoms with Gasteiger partial charge in [-0.3, -0.25) is 14.9 Å². The first-order valence-corrected chi connectivity index (χ1v) is 4.57. The van der Waals surface area contributed by atoms with E-state index in [4.69, 9.17) is 0 Å². The van der Waals surface area contributed by atoms with E-state index in [1.807, 2.05) is 0 Å². The van der Waals surface area contributed by atoms with Crippen LogP contribution in [0.2, 0.25) is 0 Å². The molecule has 0 radical (unpaired) electrons. The van der Waals surface area contributed by atoms with Gasteiger partial charge in [-0.05, 0) is 18.6 Å². The summed E-state index contributed by atoms with van der Waals surface area (Å²) in [7, 11) is 0. The van der Waals surface area contributed by atoms with Gasteiger partial charge in [0.2, 0.25) is 0 Å². The molecule has 1 aromatic rings.